The Labute approximate surface area is 131 Å². The van der Waals surface area contributed by atoms with E-state index < -0.39 is 0 Å². The molecule has 0 bridgehead atoms. The molecule has 1 unspecified atom stereocenters. The van der Waals surface area contributed by atoms with Crippen LogP contribution in [0.15, 0.2) is 28.7 Å². The van der Waals surface area contributed by atoms with Crippen LogP contribution in [0.3, 0.4) is 0 Å². The molecule has 0 amide bonds. The van der Waals surface area contributed by atoms with Gasteiger partial charge < -0.3 is 14.8 Å². The molecule has 2 aromatic rings. The highest BCUT2D eigenvalue weighted by molar-refractivity contribution is 9.10. The van der Waals surface area contributed by atoms with E-state index in [0.29, 0.717) is 12.4 Å². The van der Waals surface area contributed by atoms with Crippen LogP contribution in [0.25, 0.3) is 0 Å². The van der Waals surface area contributed by atoms with Crippen LogP contribution in [0.1, 0.15) is 24.5 Å². The Hall–Kier alpha value is -1.82. The van der Waals surface area contributed by atoms with Crippen molar-refractivity contribution >= 4 is 21.7 Å². The SMILES string of the molecule is CCc1nc(C2COc3ccccc3O2)nc(NC)c1Br. The zero-order chi connectivity index (χ0) is 14.8. The van der Waals surface area contributed by atoms with Gasteiger partial charge in [-0.1, -0.05) is 19.1 Å². The van der Waals surface area contributed by atoms with Crippen molar-refractivity contribution in [2.24, 2.45) is 0 Å². The summed E-state index contributed by atoms with van der Waals surface area (Å²) in [5.41, 5.74) is 0.951. The number of ether oxygens (including phenoxy) is 2. The number of fused-ring (bicyclic) bond motifs is 1. The molecule has 1 aliphatic rings. The maximum Gasteiger partial charge on any atom is 0.192 e. The molecule has 1 aliphatic heterocycles. The van der Waals surface area contributed by atoms with Gasteiger partial charge in [0.25, 0.3) is 0 Å². The monoisotopic (exact) mass is 349 g/mol. The first-order valence-corrected chi connectivity index (χ1v) is 7.64. The van der Waals surface area contributed by atoms with Gasteiger partial charge >= 0.3 is 0 Å². The number of hydrogen-bond donors (Lipinski definition) is 1. The minimum Gasteiger partial charge on any atom is -0.485 e. The molecule has 0 spiro atoms. The van der Waals surface area contributed by atoms with Gasteiger partial charge in [-0.25, -0.2) is 9.97 Å². The zero-order valence-corrected chi connectivity index (χ0v) is 13.5. The van der Waals surface area contributed by atoms with Crippen LogP contribution in [-0.4, -0.2) is 23.6 Å². The molecule has 2 heterocycles. The fourth-order valence-electron chi connectivity index (χ4n) is 2.20. The van der Waals surface area contributed by atoms with E-state index in [1.165, 1.54) is 0 Å². The highest BCUT2D eigenvalue weighted by Crippen LogP contribution is 2.36. The third-order valence-electron chi connectivity index (χ3n) is 3.31. The zero-order valence-electron chi connectivity index (χ0n) is 11.9. The molecule has 0 saturated carbocycles. The van der Waals surface area contributed by atoms with Crippen molar-refractivity contribution in [2.75, 3.05) is 19.0 Å². The molecular weight excluding hydrogens is 334 g/mol. The quantitative estimate of drug-likeness (QED) is 0.920. The van der Waals surface area contributed by atoms with Crippen LogP contribution in [0.4, 0.5) is 5.82 Å². The Kier molecular flexibility index (Phi) is 3.96. The maximum atomic E-state index is 5.96. The van der Waals surface area contributed by atoms with Gasteiger partial charge in [0.15, 0.2) is 23.4 Å². The second kappa shape index (κ2) is 5.89. The summed E-state index contributed by atoms with van der Waals surface area (Å²) in [5.74, 6) is 2.88. The number of aryl methyl sites for hydroxylation is 1. The van der Waals surface area contributed by atoms with E-state index in [1.807, 2.05) is 31.3 Å². The number of nitrogens with zero attached hydrogens (tertiary/aromatic N) is 2. The molecular formula is C15H16BrN3O2. The minimum atomic E-state index is -0.301. The summed E-state index contributed by atoms with van der Waals surface area (Å²) in [6, 6.07) is 7.63. The second-order valence-electron chi connectivity index (χ2n) is 4.66. The summed E-state index contributed by atoms with van der Waals surface area (Å²) in [6.07, 6.45) is 0.514. The van der Waals surface area contributed by atoms with Crippen LogP contribution in [0.2, 0.25) is 0 Å². The predicted molar refractivity (Wildman–Crippen MR) is 84.0 cm³/mol. The van der Waals surface area contributed by atoms with Gasteiger partial charge in [-0.2, -0.15) is 0 Å². The Balaban J connectivity index is 1.95. The van der Waals surface area contributed by atoms with Crippen molar-refractivity contribution in [3.63, 3.8) is 0 Å². The Morgan fingerprint density at radius 2 is 2.05 bits per heavy atom. The first-order valence-electron chi connectivity index (χ1n) is 6.85. The molecule has 0 aliphatic carbocycles. The molecule has 6 heteroatoms. The number of hydrogen-bond acceptors (Lipinski definition) is 5. The van der Waals surface area contributed by atoms with Gasteiger partial charge in [-0.05, 0) is 34.5 Å². The van der Waals surface area contributed by atoms with Crippen LogP contribution in [-0.2, 0) is 6.42 Å². The molecule has 21 heavy (non-hydrogen) atoms. The molecule has 0 radical (unpaired) electrons. The molecule has 1 atom stereocenters. The lowest BCUT2D eigenvalue weighted by Crippen LogP contribution is -2.24. The fraction of sp³-hybridized carbons (Fsp3) is 0.333. The third-order valence-corrected chi connectivity index (χ3v) is 4.14. The third kappa shape index (κ3) is 2.68. The van der Waals surface area contributed by atoms with Crippen molar-refractivity contribution in [3.8, 4) is 11.5 Å². The van der Waals surface area contributed by atoms with Gasteiger partial charge in [-0.3, -0.25) is 0 Å². The Bertz CT molecular complexity index is 638. The summed E-state index contributed by atoms with van der Waals surface area (Å²) >= 11 is 3.53. The van der Waals surface area contributed by atoms with E-state index in [1.54, 1.807) is 0 Å². The van der Waals surface area contributed by atoms with Crippen LogP contribution < -0.4 is 14.8 Å². The van der Waals surface area contributed by atoms with Gasteiger partial charge in [0.05, 0.1) is 10.2 Å². The van der Waals surface area contributed by atoms with E-state index in [9.17, 15) is 0 Å². The summed E-state index contributed by atoms with van der Waals surface area (Å²) in [5, 5.41) is 3.07. The first kappa shape index (κ1) is 14.1. The van der Waals surface area contributed by atoms with Crippen LogP contribution in [0.5, 0.6) is 11.5 Å². The summed E-state index contributed by atoms with van der Waals surface area (Å²) in [6.45, 7) is 2.47. The Morgan fingerprint density at radius 3 is 2.76 bits per heavy atom. The van der Waals surface area contributed by atoms with E-state index in [4.69, 9.17) is 9.47 Å². The van der Waals surface area contributed by atoms with E-state index in [-0.39, 0.29) is 6.10 Å². The smallest absolute Gasteiger partial charge is 0.192 e. The van der Waals surface area contributed by atoms with Gasteiger partial charge in [-0.15, -0.1) is 0 Å². The highest BCUT2D eigenvalue weighted by Gasteiger charge is 2.26. The number of para-hydroxylation sites is 2. The minimum absolute atomic E-state index is 0.301. The highest BCUT2D eigenvalue weighted by atomic mass is 79.9. The predicted octanol–water partition coefficient (Wildman–Crippen LogP) is 3.36. The molecule has 1 N–H and O–H groups in total. The number of anilines is 1. The van der Waals surface area contributed by atoms with E-state index in [0.717, 1.165) is 33.9 Å². The second-order valence-corrected chi connectivity index (χ2v) is 5.45. The van der Waals surface area contributed by atoms with Crippen molar-refractivity contribution < 1.29 is 9.47 Å². The average Bonchev–Trinajstić information content (AvgIpc) is 2.54. The van der Waals surface area contributed by atoms with Crippen molar-refractivity contribution in [1.29, 1.82) is 0 Å². The molecule has 1 aromatic heterocycles. The Morgan fingerprint density at radius 1 is 1.29 bits per heavy atom. The lowest BCUT2D eigenvalue weighted by atomic mass is 10.2. The number of rotatable bonds is 3. The fourth-order valence-corrected chi connectivity index (χ4v) is 2.86. The lowest BCUT2D eigenvalue weighted by molar-refractivity contribution is 0.0850. The van der Waals surface area contributed by atoms with Gasteiger partial charge in [0.2, 0.25) is 0 Å². The molecule has 0 saturated heterocycles. The lowest BCUT2D eigenvalue weighted by Gasteiger charge is -2.26. The number of benzene rings is 1. The van der Waals surface area contributed by atoms with Crippen molar-refractivity contribution in [2.45, 2.75) is 19.4 Å². The van der Waals surface area contributed by atoms with Crippen LogP contribution >= 0.6 is 15.9 Å². The molecule has 1 aromatic carbocycles. The normalized spacial score (nSPS) is 16.6. The largest absolute Gasteiger partial charge is 0.485 e. The molecule has 110 valence electrons. The summed E-state index contributed by atoms with van der Waals surface area (Å²) in [4.78, 5) is 9.11. The number of halogens is 1. The van der Waals surface area contributed by atoms with E-state index >= 15 is 0 Å². The van der Waals surface area contributed by atoms with Crippen LogP contribution in [0, 0.1) is 0 Å². The maximum absolute atomic E-state index is 5.96. The summed E-state index contributed by atoms with van der Waals surface area (Å²) < 4.78 is 12.6. The van der Waals surface area contributed by atoms with Gasteiger partial charge in [0, 0.05) is 7.05 Å². The topological polar surface area (TPSA) is 56.3 Å². The standard InChI is InChI=1S/C15H16BrN3O2/c1-3-9-13(16)15(17-2)19-14(18-9)12-8-20-10-6-4-5-7-11(10)21-12/h4-7,12H,3,8H2,1-2H3,(H,17,18,19). The van der Waals surface area contributed by atoms with E-state index in [2.05, 4.69) is 38.1 Å². The van der Waals surface area contributed by atoms with Gasteiger partial charge in [0.1, 0.15) is 12.4 Å². The van der Waals surface area contributed by atoms with Crippen molar-refractivity contribution in [1.82, 2.24) is 9.97 Å². The number of aromatic nitrogens is 2. The average molecular weight is 350 g/mol. The molecule has 0 fully saturated rings. The van der Waals surface area contributed by atoms with Crippen molar-refractivity contribution in [3.05, 3.63) is 40.3 Å². The molecule has 5 nitrogen and oxygen atoms in total. The molecule has 3 rings (SSSR count). The number of nitrogens with one attached hydrogen (secondary N) is 1. The first-order chi connectivity index (χ1) is 10.2. The summed E-state index contributed by atoms with van der Waals surface area (Å²) in [7, 11) is 1.84.